The van der Waals surface area contributed by atoms with E-state index in [1.165, 1.54) is 39.1 Å². The van der Waals surface area contributed by atoms with Crippen LogP contribution in [0.4, 0.5) is 0 Å². The van der Waals surface area contributed by atoms with Gasteiger partial charge in [0.05, 0.1) is 0 Å². The first-order chi connectivity index (χ1) is 5.83. The molecule has 1 saturated heterocycles. The number of hydrogen-bond donors (Lipinski definition) is 0. The Morgan fingerprint density at radius 2 is 1.92 bits per heavy atom. The van der Waals surface area contributed by atoms with E-state index in [1.54, 1.807) is 0 Å². The van der Waals surface area contributed by atoms with Crippen molar-refractivity contribution in [2.45, 2.75) is 12.8 Å². The molecule has 0 aliphatic carbocycles. The van der Waals surface area contributed by atoms with E-state index in [4.69, 9.17) is 0 Å². The molecular weight excluding hydrogens is 148 g/mol. The number of likely N-dealkylation sites (N-methyl/N-ethyl adjacent to an activating group) is 1. The second kappa shape index (κ2) is 5.33. The molecule has 12 heavy (non-hydrogen) atoms. The zero-order chi connectivity index (χ0) is 8.81. The summed E-state index contributed by atoms with van der Waals surface area (Å²) >= 11 is 0. The zero-order valence-corrected chi connectivity index (χ0v) is 8.13. The monoisotopic (exact) mass is 168 g/mol. The average Bonchev–Trinajstić information content (AvgIpc) is 2.09. The molecular formula is C10H20N2. The fraction of sp³-hybridized carbons (Fsp3) is 0.800. The second-order valence-electron chi connectivity index (χ2n) is 3.58. The molecule has 70 valence electrons. The van der Waals surface area contributed by atoms with Gasteiger partial charge in [0, 0.05) is 26.2 Å². The summed E-state index contributed by atoms with van der Waals surface area (Å²) in [4.78, 5) is 4.94. The first kappa shape index (κ1) is 9.75. The van der Waals surface area contributed by atoms with Crippen molar-refractivity contribution in [3.63, 3.8) is 0 Å². The summed E-state index contributed by atoms with van der Waals surface area (Å²) in [6.45, 7) is 9.93. The zero-order valence-electron chi connectivity index (χ0n) is 8.13. The summed E-state index contributed by atoms with van der Waals surface area (Å²) in [5.41, 5.74) is 0. The van der Waals surface area contributed by atoms with Crippen molar-refractivity contribution in [1.82, 2.24) is 9.80 Å². The van der Waals surface area contributed by atoms with Crippen LogP contribution in [0.5, 0.6) is 0 Å². The molecule has 1 heterocycles. The quantitative estimate of drug-likeness (QED) is 0.460. The van der Waals surface area contributed by atoms with E-state index in [0.29, 0.717) is 0 Å². The van der Waals surface area contributed by atoms with Crippen molar-refractivity contribution in [3.8, 4) is 0 Å². The van der Waals surface area contributed by atoms with Crippen molar-refractivity contribution >= 4 is 0 Å². The average molecular weight is 168 g/mol. The maximum Gasteiger partial charge on any atom is 0.0110 e. The van der Waals surface area contributed by atoms with Crippen LogP contribution in [0.25, 0.3) is 0 Å². The van der Waals surface area contributed by atoms with Gasteiger partial charge in [-0.25, -0.2) is 0 Å². The third-order valence-corrected chi connectivity index (χ3v) is 2.48. The summed E-state index contributed by atoms with van der Waals surface area (Å²) < 4.78 is 0. The van der Waals surface area contributed by atoms with Crippen LogP contribution in [0.1, 0.15) is 12.8 Å². The highest BCUT2D eigenvalue weighted by atomic mass is 15.2. The Morgan fingerprint density at radius 3 is 2.50 bits per heavy atom. The molecule has 0 aromatic heterocycles. The molecule has 0 aromatic rings. The van der Waals surface area contributed by atoms with Gasteiger partial charge in [0.2, 0.25) is 0 Å². The van der Waals surface area contributed by atoms with Gasteiger partial charge < -0.3 is 9.80 Å². The minimum Gasteiger partial charge on any atom is -0.304 e. The number of allylic oxidation sites excluding steroid dienone is 1. The van der Waals surface area contributed by atoms with Crippen LogP contribution < -0.4 is 0 Å². The van der Waals surface area contributed by atoms with Gasteiger partial charge in [-0.15, -0.1) is 6.58 Å². The highest BCUT2D eigenvalue weighted by molar-refractivity contribution is 4.71. The lowest BCUT2D eigenvalue weighted by molar-refractivity contribution is 0.153. The predicted molar refractivity (Wildman–Crippen MR) is 53.4 cm³/mol. The topological polar surface area (TPSA) is 6.48 Å². The Labute approximate surface area is 75.8 Å². The molecule has 0 unspecified atom stereocenters. The van der Waals surface area contributed by atoms with Crippen molar-refractivity contribution in [1.29, 1.82) is 0 Å². The molecule has 0 N–H and O–H groups in total. The normalized spacial score (nSPS) is 21.1. The molecule has 0 spiro atoms. The lowest BCUT2D eigenvalue weighted by Gasteiger charge is -2.32. The van der Waals surface area contributed by atoms with E-state index in [1.807, 2.05) is 6.08 Å². The first-order valence-corrected chi connectivity index (χ1v) is 4.84. The fourth-order valence-electron chi connectivity index (χ4n) is 1.53. The van der Waals surface area contributed by atoms with E-state index in [0.717, 1.165) is 6.42 Å². The summed E-state index contributed by atoms with van der Waals surface area (Å²) in [6, 6.07) is 0. The van der Waals surface area contributed by atoms with Gasteiger partial charge in [-0.3, -0.25) is 0 Å². The van der Waals surface area contributed by atoms with Crippen LogP contribution in [-0.4, -0.2) is 49.6 Å². The van der Waals surface area contributed by atoms with E-state index in [2.05, 4.69) is 23.4 Å². The minimum absolute atomic E-state index is 1.16. The fourth-order valence-corrected chi connectivity index (χ4v) is 1.53. The van der Waals surface area contributed by atoms with Gasteiger partial charge in [0.15, 0.2) is 0 Å². The van der Waals surface area contributed by atoms with Crippen LogP contribution in [0.2, 0.25) is 0 Å². The molecule has 1 rings (SSSR count). The smallest absolute Gasteiger partial charge is 0.0110 e. The molecule has 2 nitrogen and oxygen atoms in total. The molecule has 1 fully saturated rings. The summed E-state index contributed by atoms with van der Waals surface area (Å²) in [6.07, 6.45) is 4.44. The molecule has 0 amide bonds. The SMILES string of the molecule is C=CCCCN1CCN(C)CC1. The minimum atomic E-state index is 1.16. The van der Waals surface area contributed by atoms with Gasteiger partial charge >= 0.3 is 0 Å². The van der Waals surface area contributed by atoms with Crippen LogP contribution in [0.15, 0.2) is 12.7 Å². The maximum absolute atomic E-state index is 3.73. The Kier molecular flexibility index (Phi) is 4.33. The van der Waals surface area contributed by atoms with Crippen LogP contribution in [0, 0.1) is 0 Å². The summed E-state index contributed by atoms with van der Waals surface area (Å²) in [5, 5.41) is 0. The summed E-state index contributed by atoms with van der Waals surface area (Å²) in [5.74, 6) is 0. The first-order valence-electron chi connectivity index (χ1n) is 4.84. The molecule has 1 aliphatic heterocycles. The van der Waals surface area contributed by atoms with E-state index in [9.17, 15) is 0 Å². The molecule has 0 aromatic carbocycles. The predicted octanol–water partition coefficient (Wildman–Crippen LogP) is 1.20. The lowest BCUT2D eigenvalue weighted by Crippen LogP contribution is -2.44. The van der Waals surface area contributed by atoms with Crippen LogP contribution >= 0.6 is 0 Å². The third-order valence-electron chi connectivity index (χ3n) is 2.48. The highest BCUT2D eigenvalue weighted by Gasteiger charge is 2.11. The second-order valence-corrected chi connectivity index (χ2v) is 3.58. The van der Waals surface area contributed by atoms with E-state index < -0.39 is 0 Å². The van der Waals surface area contributed by atoms with Gasteiger partial charge in [-0.05, 0) is 26.4 Å². The van der Waals surface area contributed by atoms with Crippen LogP contribution in [0.3, 0.4) is 0 Å². The number of piperazine rings is 1. The van der Waals surface area contributed by atoms with Crippen molar-refractivity contribution in [2.24, 2.45) is 0 Å². The number of rotatable bonds is 4. The van der Waals surface area contributed by atoms with Gasteiger partial charge in [-0.1, -0.05) is 6.08 Å². The standard InChI is InChI=1S/C10H20N2/c1-3-4-5-6-12-9-7-11(2)8-10-12/h3H,1,4-10H2,2H3. The van der Waals surface area contributed by atoms with Crippen LogP contribution in [-0.2, 0) is 0 Å². The van der Waals surface area contributed by atoms with Crippen molar-refractivity contribution in [2.75, 3.05) is 39.8 Å². The van der Waals surface area contributed by atoms with Crippen molar-refractivity contribution in [3.05, 3.63) is 12.7 Å². The van der Waals surface area contributed by atoms with Gasteiger partial charge in [0.1, 0.15) is 0 Å². The molecule has 1 aliphatic rings. The molecule has 0 atom stereocenters. The van der Waals surface area contributed by atoms with Gasteiger partial charge in [0.25, 0.3) is 0 Å². The molecule has 0 bridgehead atoms. The molecule has 0 radical (unpaired) electrons. The number of hydrogen-bond acceptors (Lipinski definition) is 2. The Balaban J connectivity index is 2.05. The largest absolute Gasteiger partial charge is 0.304 e. The third kappa shape index (κ3) is 3.37. The highest BCUT2D eigenvalue weighted by Crippen LogP contribution is 2.01. The Bertz CT molecular complexity index is 126. The molecule has 0 saturated carbocycles. The number of nitrogens with zero attached hydrogens (tertiary/aromatic N) is 2. The summed E-state index contributed by atoms with van der Waals surface area (Å²) in [7, 11) is 2.20. The maximum atomic E-state index is 3.73. The van der Waals surface area contributed by atoms with E-state index >= 15 is 0 Å². The van der Waals surface area contributed by atoms with Crippen molar-refractivity contribution < 1.29 is 0 Å². The number of unbranched alkanes of at least 4 members (excludes halogenated alkanes) is 1. The van der Waals surface area contributed by atoms with E-state index in [-0.39, 0.29) is 0 Å². The molecule has 2 heteroatoms. The van der Waals surface area contributed by atoms with Gasteiger partial charge in [-0.2, -0.15) is 0 Å². The Morgan fingerprint density at radius 1 is 1.25 bits per heavy atom. The lowest BCUT2D eigenvalue weighted by atomic mass is 10.2. The Hall–Kier alpha value is -0.340.